The second-order valence-electron chi connectivity index (χ2n) is 8.02. The predicted octanol–water partition coefficient (Wildman–Crippen LogP) is 9.03. The highest BCUT2D eigenvalue weighted by molar-refractivity contribution is 5.86. The van der Waals surface area contributed by atoms with Crippen LogP contribution in [0.3, 0.4) is 0 Å². The smallest absolute Gasteiger partial charge is 0.0149 e. The van der Waals surface area contributed by atoms with Gasteiger partial charge in [-0.25, -0.2) is 0 Å². The molecule has 2 rings (SSSR count). The van der Waals surface area contributed by atoms with Gasteiger partial charge in [0.25, 0.3) is 0 Å². The summed E-state index contributed by atoms with van der Waals surface area (Å²) < 4.78 is 0. The normalized spacial score (nSPS) is 12.5. The van der Waals surface area contributed by atoms with E-state index in [0.717, 1.165) is 5.92 Å². The van der Waals surface area contributed by atoms with Gasteiger partial charge in [0.1, 0.15) is 0 Å². The van der Waals surface area contributed by atoms with Crippen molar-refractivity contribution in [1.29, 1.82) is 0 Å². The molecule has 0 aromatic heterocycles. The molecule has 144 valence electrons. The Hall–Kier alpha value is -1.30. The fourth-order valence-corrected chi connectivity index (χ4v) is 4.23. The summed E-state index contributed by atoms with van der Waals surface area (Å²) in [5.41, 5.74) is 1.60. The number of benzene rings is 2. The molecular weight excluding hydrogens is 312 g/mol. The zero-order chi connectivity index (χ0) is 18.5. The number of fused-ring (bicyclic) bond motifs is 1. The Morgan fingerprint density at radius 1 is 0.577 bits per heavy atom. The number of unbranched alkanes of at least 4 members (excludes halogenated alkanes) is 9. The van der Waals surface area contributed by atoms with Gasteiger partial charge < -0.3 is 0 Å². The van der Waals surface area contributed by atoms with Crippen molar-refractivity contribution in [2.24, 2.45) is 0 Å². The molecule has 1 atom stereocenters. The van der Waals surface area contributed by atoms with Gasteiger partial charge in [0.15, 0.2) is 0 Å². The summed E-state index contributed by atoms with van der Waals surface area (Å²) in [6, 6.07) is 15.9. The molecule has 0 saturated carbocycles. The van der Waals surface area contributed by atoms with Crippen molar-refractivity contribution >= 4 is 10.8 Å². The van der Waals surface area contributed by atoms with Crippen LogP contribution in [0.2, 0.25) is 0 Å². The first-order valence-corrected chi connectivity index (χ1v) is 11.3. The van der Waals surface area contributed by atoms with Gasteiger partial charge in [-0.1, -0.05) is 127 Å². The molecule has 0 fully saturated rings. The maximum atomic E-state index is 2.39. The molecule has 0 saturated heterocycles. The maximum Gasteiger partial charge on any atom is -0.0149 e. The molecular formula is C26H40. The van der Waals surface area contributed by atoms with E-state index >= 15 is 0 Å². The summed E-state index contributed by atoms with van der Waals surface area (Å²) in [5, 5.41) is 2.89. The van der Waals surface area contributed by atoms with Crippen LogP contribution in [-0.2, 0) is 0 Å². The van der Waals surface area contributed by atoms with E-state index in [1.54, 1.807) is 5.56 Å². The summed E-state index contributed by atoms with van der Waals surface area (Å²) >= 11 is 0. The van der Waals surface area contributed by atoms with Gasteiger partial charge >= 0.3 is 0 Å². The second-order valence-corrected chi connectivity index (χ2v) is 8.02. The third-order valence-corrected chi connectivity index (χ3v) is 5.83. The Kier molecular flexibility index (Phi) is 10.5. The molecule has 2 aromatic carbocycles. The van der Waals surface area contributed by atoms with Crippen molar-refractivity contribution in [2.75, 3.05) is 0 Å². The monoisotopic (exact) mass is 352 g/mol. The molecule has 0 N–H and O–H groups in total. The van der Waals surface area contributed by atoms with Crippen LogP contribution in [0.1, 0.15) is 109 Å². The van der Waals surface area contributed by atoms with Crippen molar-refractivity contribution in [3.63, 3.8) is 0 Å². The molecule has 0 aliphatic carbocycles. The minimum Gasteiger partial charge on any atom is -0.0654 e. The first-order valence-electron chi connectivity index (χ1n) is 11.3. The molecule has 0 spiro atoms. The molecule has 0 amide bonds. The van der Waals surface area contributed by atoms with E-state index in [-0.39, 0.29) is 0 Å². The van der Waals surface area contributed by atoms with Gasteiger partial charge in [-0.05, 0) is 35.1 Å². The van der Waals surface area contributed by atoms with Gasteiger partial charge in [0, 0.05) is 0 Å². The van der Waals surface area contributed by atoms with Gasteiger partial charge in [0.05, 0.1) is 0 Å². The van der Waals surface area contributed by atoms with Crippen molar-refractivity contribution in [3.05, 3.63) is 48.0 Å². The standard InChI is InChI=1S/C26H40/c1-3-5-7-8-9-10-11-13-18-23(17-12-6-4-2)26-22-16-20-24-19-14-15-21-25(24)26/h14-16,19-23H,3-13,17-18H2,1-2H3. The van der Waals surface area contributed by atoms with Crippen LogP contribution in [-0.4, -0.2) is 0 Å². The van der Waals surface area contributed by atoms with Crippen LogP contribution in [0.25, 0.3) is 10.8 Å². The highest BCUT2D eigenvalue weighted by Gasteiger charge is 2.14. The maximum absolute atomic E-state index is 2.39. The van der Waals surface area contributed by atoms with Crippen molar-refractivity contribution in [2.45, 2.75) is 103 Å². The SMILES string of the molecule is CCCCCCCCCCC(CCCCC)c1cccc2ccccc12. The first-order chi connectivity index (χ1) is 12.9. The second kappa shape index (κ2) is 13.0. The van der Waals surface area contributed by atoms with Crippen LogP contribution < -0.4 is 0 Å². The summed E-state index contributed by atoms with van der Waals surface area (Å²) in [6.45, 7) is 4.61. The molecule has 0 heteroatoms. The quantitative estimate of drug-likeness (QED) is 0.297. The summed E-state index contributed by atoms with van der Waals surface area (Å²) in [7, 11) is 0. The molecule has 0 nitrogen and oxygen atoms in total. The molecule has 26 heavy (non-hydrogen) atoms. The van der Waals surface area contributed by atoms with E-state index in [9.17, 15) is 0 Å². The molecule has 0 heterocycles. The Balaban J connectivity index is 1.89. The highest BCUT2D eigenvalue weighted by atomic mass is 14.2. The van der Waals surface area contributed by atoms with E-state index in [4.69, 9.17) is 0 Å². The van der Waals surface area contributed by atoms with Gasteiger partial charge in [-0.15, -0.1) is 0 Å². The number of rotatable bonds is 14. The fourth-order valence-electron chi connectivity index (χ4n) is 4.23. The first kappa shape index (κ1) is 21.0. The van der Waals surface area contributed by atoms with Crippen LogP contribution >= 0.6 is 0 Å². The minimum atomic E-state index is 0.743. The lowest BCUT2D eigenvalue weighted by molar-refractivity contribution is 0.494. The molecule has 0 bridgehead atoms. The summed E-state index contributed by atoms with van der Waals surface area (Å²) in [6.07, 6.45) is 18.1. The van der Waals surface area contributed by atoms with E-state index in [0.29, 0.717) is 0 Å². The Morgan fingerprint density at radius 3 is 1.85 bits per heavy atom. The lowest BCUT2D eigenvalue weighted by atomic mass is 9.85. The fraction of sp³-hybridized carbons (Fsp3) is 0.615. The number of hydrogen-bond donors (Lipinski definition) is 0. The van der Waals surface area contributed by atoms with E-state index in [1.807, 2.05) is 0 Å². The van der Waals surface area contributed by atoms with Crippen molar-refractivity contribution in [1.82, 2.24) is 0 Å². The Labute approximate surface area is 162 Å². The van der Waals surface area contributed by atoms with Crippen LogP contribution in [0.4, 0.5) is 0 Å². The van der Waals surface area contributed by atoms with Crippen LogP contribution in [0.15, 0.2) is 42.5 Å². The van der Waals surface area contributed by atoms with Gasteiger partial charge in [-0.2, -0.15) is 0 Å². The predicted molar refractivity (Wildman–Crippen MR) is 118 cm³/mol. The van der Waals surface area contributed by atoms with Gasteiger partial charge in [-0.3, -0.25) is 0 Å². The third-order valence-electron chi connectivity index (χ3n) is 5.83. The zero-order valence-electron chi connectivity index (χ0n) is 17.3. The lowest BCUT2D eigenvalue weighted by Gasteiger charge is -2.19. The van der Waals surface area contributed by atoms with Gasteiger partial charge in [0.2, 0.25) is 0 Å². The van der Waals surface area contributed by atoms with Crippen LogP contribution in [0.5, 0.6) is 0 Å². The average molecular weight is 353 g/mol. The molecule has 2 aromatic rings. The van der Waals surface area contributed by atoms with E-state index in [1.165, 1.54) is 94.2 Å². The zero-order valence-corrected chi connectivity index (χ0v) is 17.3. The summed E-state index contributed by atoms with van der Waals surface area (Å²) in [5.74, 6) is 0.743. The topological polar surface area (TPSA) is 0 Å². The van der Waals surface area contributed by atoms with Crippen molar-refractivity contribution < 1.29 is 0 Å². The molecule has 0 aliphatic heterocycles. The Bertz CT molecular complexity index is 593. The van der Waals surface area contributed by atoms with E-state index in [2.05, 4.69) is 56.3 Å². The Morgan fingerprint density at radius 2 is 1.12 bits per heavy atom. The average Bonchev–Trinajstić information content (AvgIpc) is 2.68. The van der Waals surface area contributed by atoms with Crippen molar-refractivity contribution in [3.8, 4) is 0 Å². The third kappa shape index (κ3) is 7.14. The van der Waals surface area contributed by atoms with E-state index < -0.39 is 0 Å². The molecule has 0 aliphatic rings. The lowest BCUT2D eigenvalue weighted by Crippen LogP contribution is -2.01. The minimum absolute atomic E-state index is 0.743. The summed E-state index contributed by atoms with van der Waals surface area (Å²) in [4.78, 5) is 0. The van der Waals surface area contributed by atoms with Crippen LogP contribution in [0, 0.1) is 0 Å². The number of hydrogen-bond acceptors (Lipinski definition) is 0. The highest BCUT2D eigenvalue weighted by Crippen LogP contribution is 2.33. The molecule has 1 unspecified atom stereocenters. The molecule has 0 radical (unpaired) electrons. The largest absolute Gasteiger partial charge is 0.0654 e.